The molecule has 2 aromatic carbocycles. The molecule has 0 unspecified atom stereocenters. The summed E-state index contributed by atoms with van der Waals surface area (Å²) in [5.74, 6) is 2.43. The van der Waals surface area contributed by atoms with Crippen LogP contribution in [0, 0.1) is 0 Å². The van der Waals surface area contributed by atoms with E-state index < -0.39 is 0 Å². The molecule has 3 aromatic rings. The van der Waals surface area contributed by atoms with Crippen LogP contribution in [-0.4, -0.2) is 42.5 Å². The minimum atomic E-state index is -0.207. The topological polar surface area (TPSA) is 74.6 Å². The molecule has 0 saturated heterocycles. The highest BCUT2D eigenvalue weighted by Crippen LogP contribution is 2.50. The fraction of sp³-hybridized carbons (Fsp3) is 0.238. The molecular formula is C21H21N3O4S. The SMILES string of the molecule is COc1ccc([C@H]2SCC(=O)Nc3ncn(-c4ccccc4)c32)c(OC)c1OC. The molecular weight excluding hydrogens is 390 g/mol. The number of thioether (sulfide) groups is 1. The van der Waals surface area contributed by atoms with Crippen LogP contribution in [0.5, 0.6) is 17.2 Å². The number of nitrogens with one attached hydrogen (secondary N) is 1. The van der Waals surface area contributed by atoms with Crippen molar-refractivity contribution < 1.29 is 19.0 Å². The average molecular weight is 411 g/mol. The van der Waals surface area contributed by atoms with E-state index in [0.717, 1.165) is 16.9 Å². The number of nitrogens with zero attached hydrogens (tertiary/aromatic N) is 2. The Bertz CT molecular complexity index is 1040. The second-order valence-corrected chi connectivity index (χ2v) is 7.44. The van der Waals surface area contributed by atoms with Crippen molar-refractivity contribution in [3.05, 3.63) is 60.0 Å². The zero-order chi connectivity index (χ0) is 20.4. The number of benzene rings is 2. The minimum absolute atomic E-state index is 0.0866. The van der Waals surface area contributed by atoms with Gasteiger partial charge >= 0.3 is 0 Å². The van der Waals surface area contributed by atoms with E-state index in [1.807, 2.05) is 47.0 Å². The van der Waals surface area contributed by atoms with Crippen molar-refractivity contribution in [3.8, 4) is 22.9 Å². The zero-order valence-corrected chi connectivity index (χ0v) is 17.2. The molecule has 4 rings (SSSR count). The molecule has 1 amide bonds. The Balaban J connectivity index is 1.93. The van der Waals surface area contributed by atoms with E-state index in [1.54, 1.807) is 27.7 Å². The third kappa shape index (κ3) is 3.40. The summed E-state index contributed by atoms with van der Waals surface area (Å²) < 4.78 is 18.7. The fourth-order valence-electron chi connectivity index (χ4n) is 3.47. The summed E-state index contributed by atoms with van der Waals surface area (Å²) in [7, 11) is 4.76. The lowest BCUT2D eigenvalue weighted by Crippen LogP contribution is -2.12. The van der Waals surface area contributed by atoms with E-state index in [0.29, 0.717) is 28.8 Å². The molecule has 29 heavy (non-hydrogen) atoms. The number of aromatic nitrogens is 2. The number of imidazole rings is 1. The molecule has 1 aromatic heterocycles. The number of rotatable bonds is 5. The standard InChI is InChI=1S/C21H21N3O4S/c1-26-15-10-9-14(18(27-2)19(15)28-3)20-17-21(23-16(25)11-29-20)22-12-24(17)13-7-5-4-6-8-13/h4-10,12,20H,11H2,1-3H3,(H,23,25)/t20-/m1/s1. The zero-order valence-electron chi connectivity index (χ0n) is 16.3. The summed E-state index contributed by atoms with van der Waals surface area (Å²) in [5.41, 5.74) is 2.71. The van der Waals surface area contributed by atoms with Gasteiger partial charge < -0.3 is 19.5 Å². The molecule has 150 valence electrons. The van der Waals surface area contributed by atoms with E-state index in [9.17, 15) is 4.79 Å². The summed E-state index contributed by atoms with van der Waals surface area (Å²) in [6.07, 6.45) is 1.73. The normalized spacial score (nSPS) is 15.8. The van der Waals surface area contributed by atoms with Gasteiger partial charge in [0.15, 0.2) is 17.3 Å². The molecule has 0 bridgehead atoms. The quantitative estimate of drug-likeness (QED) is 0.691. The largest absolute Gasteiger partial charge is 0.493 e. The molecule has 0 aliphatic carbocycles. The highest BCUT2D eigenvalue weighted by atomic mass is 32.2. The molecule has 1 atom stereocenters. The van der Waals surface area contributed by atoms with E-state index in [2.05, 4.69) is 10.3 Å². The number of carbonyl (C=O) groups is 1. The van der Waals surface area contributed by atoms with Crippen molar-refractivity contribution in [2.45, 2.75) is 5.25 Å². The van der Waals surface area contributed by atoms with Gasteiger partial charge in [0, 0.05) is 11.3 Å². The van der Waals surface area contributed by atoms with Crippen LogP contribution in [0.15, 0.2) is 48.8 Å². The Hall–Kier alpha value is -3.13. The van der Waals surface area contributed by atoms with Crippen LogP contribution in [-0.2, 0) is 4.79 Å². The van der Waals surface area contributed by atoms with Crippen LogP contribution in [0.1, 0.15) is 16.5 Å². The smallest absolute Gasteiger partial charge is 0.235 e. The van der Waals surface area contributed by atoms with E-state index in [-0.39, 0.29) is 11.2 Å². The third-order valence-corrected chi connectivity index (χ3v) is 5.98. The Morgan fingerprint density at radius 3 is 2.48 bits per heavy atom. The van der Waals surface area contributed by atoms with Crippen molar-refractivity contribution in [1.82, 2.24) is 9.55 Å². The molecule has 0 fully saturated rings. The number of carbonyl (C=O) groups excluding carboxylic acids is 1. The third-order valence-electron chi connectivity index (χ3n) is 4.74. The van der Waals surface area contributed by atoms with Gasteiger partial charge in [0.1, 0.15) is 6.33 Å². The summed E-state index contributed by atoms with van der Waals surface area (Å²) in [4.78, 5) is 16.8. The van der Waals surface area contributed by atoms with E-state index in [4.69, 9.17) is 14.2 Å². The van der Waals surface area contributed by atoms with Gasteiger partial charge in [-0.2, -0.15) is 0 Å². The molecule has 1 aliphatic rings. The number of fused-ring (bicyclic) bond motifs is 1. The van der Waals surface area contributed by atoms with Crippen LogP contribution >= 0.6 is 11.8 Å². The number of hydrogen-bond acceptors (Lipinski definition) is 6. The summed E-state index contributed by atoms with van der Waals surface area (Å²) in [6, 6.07) is 13.7. The maximum atomic E-state index is 12.3. The van der Waals surface area contributed by atoms with Crippen LogP contribution in [0.4, 0.5) is 5.82 Å². The Morgan fingerprint density at radius 2 is 1.79 bits per heavy atom. The maximum absolute atomic E-state index is 12.3. The lowest BCUT2D eigenvalue weighted by atomic mass is 10.1. The number of anilines is 1. The first-order valence-electron chi connectivity index (χ1n) is 9.01. The van der Waals surface area contributed by atoms with Gasteiger partial charge in [-0.25, -0.2) is 4.98 Å². The first-order chi connectivity index (χ1) is 14.2. The molecule has 7 nitrogen and oxygen atoms in total. The van der Waals surface area contributed by atoms with Gasteiger partial charge in [0.25, 0.3) is 0 Å². The number of amides is 1. The van der Waals surface area contributed by atoms with E-state index in [1.165, 1.54) is 11.8 Å². The average Bonchev–Trinajstić information content (AvgIpc) is 3.09. The predicted molar refractivity (Wildman–Crippen MR) is 113 cm³/mol. The van der Waals surface area contributed by atoms with Crippen molar-refractivity contribution in [2.75, 3.05) is 32.4 Å². The van der Waals surface area contributed by atoms with E-state index >= 15 is 0 Å². The number of ether oxygens (including phenoxy) is 3. The lowest BCUT2D eigenvalue weighted by molar-refractivity contribution is -0.113. The number of methoxy groups -OCH3 is 3. The van der Waals surface area contributed by atoms with Crippen LogP contribution < -0.4 is 19.5 Å². The van der Waals surface area contributed by atoms with Crippen molar-refractivity contribution in [2.24, 2.45) is 0 Å². The second kappa shape index (κ2) is 8.08. The highest BCUT2D eigenvalue weighted by molar-refractivity contribution is 8.00. The summed E-state index contributed by atoms with van der Waals surface area (Å²) in [5, 5.41) is 2.71. The van der Waals surface area contributed by atoms with Crippen LogP contribution in [0.3, 0.4) is 0 Å². The Kier molecular flexibility index (Phi) is 5.35. The molecule has 0 radical (unpaired) electrons. The molecule has 1 aliphatic heterocycles. The van der Waals surface area contributed by atoms with Crippen LogP contribution in [0.25, 0.3) is 5.69 Å². The Labute approximate surface area is 173 Å². The molecule has 2 heterocycles. The second-order valence-electron chi connectivity index (χ2n) is 6.35. The van der Waals surface area contributed by atoms with Gasteiger partial charge in [-0.3, -0.25) is 9.36 Å². The van der Waals surface area contributed by atoms with Crippen molar-refractivity contribution in [1.29, 1.82) is 0 Å². The lowest BCUT2D eigenvalue weighted by Gasteiger charge is -2.22. The molecule has 0 spiro atoms. The first kappa shape index (κ1) is 19.2. The van der Waals surface area contributed by atoms with Crippen molar-refractivity contribution >= 4 is 23.5 Å². The summed E-state index contributed by atoms with van der Waals surface area (Å²) >= 11 is 1.51. The molecule has 0 saturated carbocycles. The van der Waals surface area contributed by atoms with Gasteiger partial charge in [-0.15, -0.1) is 11.8 Å². The van der Waals surface area contributed by atoms with Crippen LogP contribution in [0.2, 0.25) is 0 Å². The fourth-order valence-corrected chi connectivity index (χ4v) is 4.61. The number of hydrogen-bond donors (Lipinski definition) is 1. The van der Waals surface area contributed by atoms with Gasteiger partial charge in [0.05, 0.1) is 38.0 Å². The van der Waals surface area contributed by atoms with Gasteiger partial charge in [-0.05, 0) is 24.3 Å². The minimum Gasteiger partial charge on any atom is -0.493 e. The predicted octanol–water partition coefficient (Wildman–Crippen LogP) is 3.67. The summed E-state index contributed by atoms with van der Waals surface area (Å²) in [6.45, 7) is 0. The molecule has 8 heteroatoms. The van der Waals surface area contributed by atoms with Gasteiger partial charge in [0.2, 0.25) is 11.7 Å². The maximum Gasteiger partial charge on any atom is 0.235 e. The Morgan fingerprint density at radius 1 is 1.03 bits per heavy atom. The molecule has 1 N–H and O–H groups in total. The monoisotopic (exact) mass is 411 g/mol. The van der Waals surface area contributed by atoms with Crippen molar-refractivity contribution in [3.63, 3.8) is 0 Å². The van der Waals surface area contributed by atoms with Gasteiger partial charge in [-0.1, -0.05) is 18.2 Å². The number of para-hydroxylation sites is 1. The highest BCUT2D eigenvalue weighted by Gasteiger charge is 2.32. The first-order valence-corrected chi connectivity index (χ1v) is 10.1.